The Balaban J connectivity index is 1.92. The van der Waals surface area contributed by atoms with Gasteiger partial charge >= 0.3 is 0 Å². The molecule has 1 heterocycles. The molecule has 1 saturated heterocycles. The van der Waals surface area contributed by atoms with E-state index < -0.39 is 10.0 Å². The van der Waals surface area contributed by atoms with Gasteiger partial charge in [0.1, 0.15) is 0 Å². The molecule has 140 valence electrons. The van der Waals surface area contributed by atoms with Gasteiger partial charge in [-0.3, -0.25) is 9.69 Å². The molecule has 0 spiro atoms. The molecular formula is C16H23Cl2N3O3S. The van der Waals surface area contributed by atoms with Crippen LogP contribution >= 0.6 is 23.2 Å². The maximum absolute atomic E-state index is 12.6. The highest BCUT2D eigenvalue weighted by molar-refractivity contribution is 7.89. The van der Waals surface area contributed by atoms with Crippen molar-refractivity contribution in [3.63, 3.8) is 0 Å². The molecule has 2 rings (SSSR count). The van der Waals surface area contributed by atoms with E-state index in [0.717, 1.165) is 19.4 Å². The molecule has 1 N–H and O–H groups in total. The molecule has 1 amide bonds. The first-order chi connectivity index (χ1) is 11.7. The summed E-state index contributed by atoms with van der Waals surface area (Å²) in [4.78, 5) is 14.6. The molecule has 1 aliphatic rings. The van der Waals surface area contributed by atoms with E-state index >= 15 is 0 Å². The number of rotatable bonds is 7. The summed E-state index contributed by atoms with van der Waals surface area (Å²) in [6, 6.07) is 4.63. The minimum atomic E-state index is -3.21. The summed E-state index contributed by atoms with van der Waals surface area (Å²) in [6.45, 7) is 1.36. The number of halogens is 2. The zero-order chi connectivity index (χ0) is 18.6. The fraction of sp³-hybridized carbons (Fsp3) is 0.562. The van der Waals surface area contributed by atoms with Crippen LogP contribution in [0.2, 0.25) is 10.0 Å². The number of hydrogen-bond acceptors (Lipinski definition) is 4. The lowest BCUT2D eigenvalue weighted by atomic mass is 10.2. The first-order valence-corrected chi connectivity index (χ1v) is 10.5. The smallest absolute Gasteiger partial charge is 0.241 e. The van der Waals surface area contributed by atoms with Gasteiger partial charge in [-0.05, 0) is 50.6 Å². The molecule has 1 atom stereocenters. The number of sulfonamides is 1. The molecule has 1 aromatic carbocycles. The second kappa shape index (κ2) is 8.68. The Morgan fingerprint density at radius 1 is 1.28 bits per heavy atom. The van der Waals surface area contributed by atoms with Gasteiger partial charge in [0.2, 0.25) is 15.9 Å². The third-order valence-corrected chi connectivity index (χ3v) is 6.55. The molecule has 0 radical (unpaired) electrons. The number of amides is 1. The van der Waals surface area contributed by atoms with Gasteiger partial charge in [-0.1, -0.05) is 23.2 Å². The van der Waals surface area contributed by atoms with Crippen molar-refractivity contribution < 1.29 is 13.2 Å². The minimum Gasteiger partial charge on any atom is -0.325 e. The van der Waals surface area contributed by atoms with Gasteiger partial charge in [-0.15, -0.1) is 0 Å². The largest absolute Gasteiger partial charge is 0.325 e. The predicted molar refractivity (Wildman–Crippen MR) is 102 cm³/mol. The van der Waals surface area contributed by atoms with E-state index in [9.17, 15) is 13.2 Å². The molecule has 1 aliphatic heterocycles. The average molecular weight is 408 g/mol. The van der Waals surface area contributed by atoms with Gasteiger partial charge in [-0.2, -0.15) is 0 Å². The Morgan fingerprint density at radius 2 is 1.92 bits per heavy atom. The van der Waals surface area contributed by atoms with Gasteiger partial charge in [-0.25, -0.2) is 12.7 Å². The van der Waals surface area contributed by atoms with Gasteiger partial charge in [0.15, 0.2) is 0 Å². The van der Waals surface area contributed by atoms with Crippen molar-refractivity contribution in [3.05, 3.63) is 28.2 Å². The highest BCUT2D eigenvalue weighted by Crippen LogP contribution is 2.24. The van der Waals surface area contributed by atoms with E-state index in [-0.39, 0.29) is 17.7 Å². The number of benzene rings is 1. The van der Waals surface area contributed by atoms with Crippen LogP contribution in [0.15, 0.2) is 18.2 Å². The van der Waals surface area contributed by atoms with E-state index in [2.05, 4.69) is 5.32 Å². The lowest BCUT2D eigenvalue weighted by Crippen LogP contribution is -2.40. The number of likely N-dealkylation sites (tertiary alicyclic amines) is 1. The van der Waals surface area contributed by atoms with Crippen LogP contribution in [0.4, 0.5) is 5.69 Å². The molecule has 6 nitrogen and oxygen atoms in total. The normalized spacial score (nSPS) is 18.7. The monoisotopic (exact) mass is 407 g/mol. The fourth-order valence-electron chi connectivity index (χ4n) is 2.87. The average Bonchev–Trinajstić information content (AvgIpc) is 2.94. The number of carbonyl (C=O) groups excluding carboxylic acids is 1. The highest BCUT2D eigenvalue weighted by atomic mass is 35.5. The van der Waals surface area contributed by atoms with E-state index in [1.54, 1.807) is 18.2 Å². The number of anilines is 1. The Kier molecular flexibility index (Phi) is 7.10. The van der Waals surface area contributed by atoms with Crippen molar-refractivity contribution in [2.24, 2.45) is 0 Å². The number of nitrogens with zero attached hydrogens (tertiary/aromatic N) is 2. The van der Waals surface area contributed by atoms with Gasteiger partial charge in [0.25, 0.3) is 0 Å². The fourth-order valence-corrected chi connectivity index (χ4v) is 4.26. The molecule has 1 unspecified atom stereocenters. The van der Waals surface area contributed by atoms with Crippen molar-refractivity contribution >= 4 is 44.8 Å². The zero-order valence-electron chi connectivity index (χ0n) is 14.3. The SMILES string of the molecule is CN(C)S(=O)(=O)CCCN1CCCC1C(=O)Nc1cc(Cl)cc(Cl)c1. The summed E-state index contributed by atoms with van der Waals surface area (Å²) in [5.41, 5.74) is 0.560. The van der Waals surface area contributed by atoms with Crippen LogP contribution < -0.4 is 5.32 Å². The van der Waals surface area contributed by atoms with Crippen molar-refractivity contribution in [1.82, 2.24) is 9.21 Å². The summed E-state index contributed by atoms with van der Waals surface area (Å²) in [7, 11) is -0.158. The van der Waals surface area contributed by atoms with E-state index in [1.165, 1.54) is 18.4 Å². The molecule has 1 fully saturated rings. The molecule has 0 saturated carbocycles. The summed E-state index contributed by atoms with van der Waals surface area (Å²) in [6.07, 6.45) is 2.16. The van der Waals surface area contributed by atoms with Gasteiger partial charge < -0.3 is 5.32 Å². The second-order valence-corrected chi connectivity index (χ2v) is 9.47. The Hall–Kier alpha value is -0.860. The van der Waals surface area contributed by atoms with Crippen LogP contribution in [-0.4, -0.2) is 62.5 Å². The van der Waals surface area contributed by atoms with Crippen LogP contribution in [0, 0.1) is 0 Å². The Morgan fingerprint density at radius 3 is 2.52 bits per heavy atom. The second-order valence-electron chi connectivity index (χ2n) is 6.29. The van der Waals surface area contributed by atoms with Gasteiger partial charge in [0.05, 0.1) is 11.8 Å². The van der Waals surface area contributed by atoms with E-state index in [4.69, 9.17) is 23.2 Å². The van der Waals surface area contributed by atoms with E-state index in [1.807, 2.05) is 4.90 Å². The summed E-state index contributed by atoms with van der Waals surface area (Å²) >= 11 is 11.9. The summed E-state index contributed by atoms with van der Waals surface area (Å²) < 4.78 is 24.9. The lowest BCUT2D eigenvalue weighted by Gasteiger charge is -2.24. The molecular weight excluding hydrogens is 385 g/mol. The van der Waals surface area contributed by atoms with Crippen LogP contribution in [0.5, 0.6) is 0 Å². The maximum Gasteiger partial charge on any atom is 0.241 e. The van der Waals surface area contributed by atoms with Crippen LogP contribution in [-0.2, 0) is 14.8 Å². The first kappa shape index (κ1) is 20.5. The highest BCUT2D eigenvalue weighted by Gasteiger charge is 2.30. The number of carbonyl (C=O) groups is 1. The van der Waals surface area contributed by atoms with Crippen LogP contribution in [0.3, 0.4) is 0 Å². The Bertz CT molecular complexity index is 705. The standard InChI is InChI=1S/C16H23Cl2N3O3S/c1-20(2)25(23,24)8-4-7-21-6-3-5-15(21)16(22)19-14-10-12(17)9-13(18)11-14/h9-11,15H,3-8H2,1-2H3,(H,19,22). The maximum atomic E-state index is 12.6. The summed E-state index contributed by atoms with van der Waals surface area (Å²) in [5.74, 6) is -0.0411. The minimum absolute atomic E-state index is 0.0781. The number of hydrogen-bond donors (Lipinski definition) is 1. The third-order valence-electron chi connectivity index (χ3n) is 4.20. The molecule has 0 aliphatic carbocycles. The molecule has 0 bridgehead atoms. The van der Waals surface area contributed by atoms with Crippen molar-refractivity contribution in [3.8, 4) is 0 Å². The first-order valence-electron chi connectivity index (χ1n) is 8.10. The molecule has 9 heteroatoms. The van der Waals surface area contributed by atoms with Crippen molar-refractivity contribution in [2.45, 2.75) is 25.3 Å². The van der Waals surface area contributed by atoms with Crippen LogP contribution in [0.25, 0.3) is 0 Å². The Labute approximate surface area is 159 Å². The predicted octanol–water partition coefficient (Wildman–Crippen LogP) is 2.68. The molecule has 25 heavy (non-hydrogen) atoms. The lowest BCUT2D eigenvalue weighted by molar-refractivity contribution is -0.120. The van der Waals surface area contributed by atoms with Gasteiger partial charge in [0, 0.05) is 29.8 Å². The van der Waals surface area contributed by atoms with Crippen molar-refractivity contribution in [1.29, 1.82) is 0 Å². The van der Waals surface area contributed by atoms with E-state index in [0.29, 0.717) is 28.7 Å². The quantitative estimate of drug-likeness (QED) is 0.753. The van der Waals surface area contributed by atoms with Crippen molar-refractivity contribution in [2.75, 3.05) is 38.3 Å². The molecule has 1 aromatic rings. The number of nitrogens with one attached hydrogen (secondary N) is 1. The third kappa shape index (κ3) is 5.82. The topological polar surface area (TPSA) is 69.7 Å². The van der Waals surface area contributed by atoms with Crippen LogP contribution in [0.1, 0.15) is 19.3 Å². The zero-order valence-corrected chi connectivity index (χ0v) is 16.7. The summed E-state index contributed by atoms with van der Waals surface area (Å²) in [5, 5.41) is 3.76. The molecule has 0 aromatic heterocycles.